The third-order valence-electron chi connectivity index (χ3n) is 6.33. The average molecular weight is 471 g/mol. The van der Waals surface area contributed by atoms with E-state index in [1.54, 1.807) is 0 Å². The van der Waals surface area contributed by atoms with Gasteiger partial charge in [0.1, 0.15) is 0 Å². The lowest BCUT2D eigenvalue weighted by Crippen LogP contribution is -2.39. The third-order valence-corrected chi connectivity index (χ3v) is 7.52. The van der Waals surface area contributed by atoms with E-state index in [0.717, 1.165) is 38.2 Å². The number of ether oxygens (including phenoxy) is 1. The Morgan fingerprint density at radius 1 is 1.39 bits per heavy atom. The van der Waals surface area contributed by atoms with Gasteiger partial charge in [-0.25, -0.2) is 9.37 Å². The molecule has 3 aromatic rings. The number of imidazole rings is 1. The summed E-state index contributed by atoms with van der Waals surface area (Å²) in [7, 11) is 0.00200. The van der Waals surface area contributed by atoms with Crippen molar-refractivity contribution in [2.75, 3.05) is 38.2 Å². The number of halogens is 1. The van der Waals surface area contributed by atoms with E-state index < -0.39 is 16.6 Å². The van der Waals surface area contributed by atoms with Crippen LogP contribution in [0.1, 0.15) is 37.4 Å². The van der Waals surface area contributed by atoms with Gasteiger partial charge in [-0.2, -0.15) is 0 Å². The summed E-state index contributed by atoms with van der Waals surface area (Å²) < 4.78 is 32.4. The molecule has 0 amide bonds. The topological polar surface area (TPSA) is 61.5 Å². The summed E-state index contributed by atoms with van der Waals surface area (Å²) in [5, 5.41) is 0.340. The highest BCUT2D eigenvalue weighted by atomic mass is 32.2. The number of rotatable bonds is 9. The second-order valence-corrected chi connectivity index (χ2v) is 9.52. The zero-order valence-corrected chi connectivity index (χ0v) is 20.3. The van der Waals surface area contributed by atoms with Gasteiger partial charge in [-0.1, -0.05) is 31.2 Å². The van der Waals surface area contributed by atoms with E-state index in [1.165, 1.54) is 30.5 Å². The van der Waals surface area contributed by atoms with Crippen LogP contribution >= 0.6 is 0 Å². The van der Waals surface area contributed by atoms with E-state index in [-0.39, 0.29) is 5.75 Å². The molecule has 0 fully saturated rings. The molecular formula is C25H31FN4O2S. The molecule has 176 valence electrons. The fourth-order valence-corrected chi connectivity index (χ4v) is 5.80. The summed E-state index contributed by atoms with van der Waals surface area (Å²) in [5.74, 6) is -0.0276. The minimum atomic E-state index is -1.41. The van der Waals surface area contributed by atoms with Crippen molar-refractivity contribution in [1.29, 1.82) is 0 Å². The highest BCUT2D eigenvalue weighted by Crippen LogP contribution is 2.40. The van der Waals surface area contributed by atoms with Gasteiger partial charge in [0.05, 0.1) is 34.7 Å². The van der Waals surface area contributed by atoms with Crippen LogP contribution in [0, 0.1) is 5.82 Å². The van der Waals surface area contributed by atoms with E-state index in [1.807, 2.05) is 6.08 Å². The predicted molar refractivity (Wildman–Crippen MR) is 132 cm³/mol. The van der Waals surface area contributed by atoms with Crippen LogP contribution in [0.5, 0.6) is 5.75 Å². The number of fused-ring (bicyclic) bond motifs is 2. The molecule has 1 N–H and O–H groups in total. The first kappa shape index (κ1) is 23.4. The van der Waals surface area contributed by atoms with Crippen molar-refractivity contribution in [3.8, 4) is 5.75 Å². The molecule has 2 heterocycles. The summed E-state index contributed by atoms with van der Waals surface area (Å²) in [6, 6.07) is 9.45. The molecule has 0 spiro atoms. The maximum absolute atomic E-state index is 14.1. The van der Waals surface area contributed by atoms with Crippen LogP contribution in [0.4, 0.5) is 10.1 Å². The third kappa shape index (κ3) is 4.54. The van der Waals surface area contributed by atoms with Gasteiger partial charge in [0.25, 0.3) is 0 Å². The number of anilines is 1. The Morgan fingerprint density at radius 2 is 2.21 bits per heavy atom. The van der Waals surface area contributed by atoms with Gasteiger partial charge in [0, 0.05) is 43.5 Å². The molecule has 0 saturated heterocycles. The lowest BCUT2D eigenvalue weighted by molar-refractivity contribution is 0.215. The Balaban J connectivity index is 1.68. The number of likely N-dealkylation sites (N-methyl/N-ethyl adjacent to an activating group) is 1. The monoisotopic (exact) mass is 470 g/mol. The molecule has 1 aliphatic heterocycles. The Bertz CT molecular complexity index is 1180. The van der Waals surface area contributed by atoms with Crippen molar-refractivity contribution in [2.24, 2.45) is 0 Å². The SMILES string of the molecule is C=CCN(CC)C1CCN(CC)c2c(CS(=O)c3nc4cc(OC)c(F)cc4[nH]3)cccc21. The van der Waals surface area contributed by atoms with Crippen LogP contribution in [0.25, 0.3) is 11.0 Å². The number of para-hydroxylation sites is 1. The molecule has 1 aliphatic rings. The standard InChI is InChI=1S/C25H31FN4O2S/c1-5-12-29(6-2)22-11-13-30(7-3)24-17(9-8-10-18(22)24)16-33(31)25-27-20-14-19(26)23(32-4)15-21(20)28-25/h5,8-10,14-15,22H,1,6-7,11-13,16H2,2-4H3,(H,27,28). The van der Waals surface area contributed by atoms with Gasteiger partial charge in [-0.05, 0) is 31.0 Å². The molecule has 0 saturated carbocycles. The lowest BCUT2D eigenvalue weighted by Gasteiger charge is -2.41. The van der Waals surface area contributed by atoms with Gasteiger partial charge in [-0.15, -0.1) is 6.58 Å². The van der Waals surface area contributed by atoms with Crippen LogP contribution in [-0.4, -0.2) is 52.4 Å². The van der Waals surface area contributed by atoms with Gasteiger partial charge in [0.2, 0.25) is 0 Å². The maximum atomic E-state index is 14.1. The molecule has 2 aromatic carbocycles. The quantitative estimate of drug-likeness (QED) is 0.455. The van der Waals surface area contributed by atoms with Crippen molar-refractivity contribution >= 4 is 27.5 Å². The van der Waals surface area contributed by atoms with Crippen LogP contribution in [0.2, 0.25) is 0 Å². The van der Waals surface area contributed by atoms with Gasteiger partial charge < -0.3 is 14.6 Å². The summed E-state index contributed by atoms with van der Waals surface area (Å²) in [6.07, 6.45) is 3.00. The number of hydrogen-bond acceptors (Lipinski definition) is 5. The number of H-pyrrole nitrogens is 1. The molecule has 0 bridgehead atoms. The smallest absolute Gasteiger partial charge is 0.197 e. The van der Waals surface area contributed by atoms with Crippen molar-refractivity contribution in [1.82, 2.24) is 14.9 Å². The van der Waals surface area contributed by atoms with E-state index in [0.29, 0.717) is 28.0 Å². The second kappa shape index (κ2) is 10.1. The van der Waals surface area contributed by atoms with Crippen LogP contribution in [0.15, 0.2) is 48.1 Å². The summed E-state index contributed by atoms with van der Waals surface area (Å²) in [5.41, 5.74) is 4.53. The van der Waals surface area contributed by atoms with Crippen molar-refractivity contribution in [3.63, 3.8) is 0 Å². The van der Waals surface area contributed by atoms with Crippen molar-refractivity contribution in [3.05, 3.63) is 59.9 Å². The van der Waals surface area contributed by atoms with E-state index in [4.69, 9.17) is 4.74 Å². The van der Waals surface area contributed by atoms with Crippen LogP contribution in [0.3, 0.4) is 0 Å². The second-order valence-electron chi connectivity index (χ2n) is 8.15. The van der Waals surface area contributed by atoms with Gasteiger partial charge >= 0.3 is 0 Å². The predicted octanol–water partition coefficient (Wildman–Crippen LogP) is 4.80. The van der Waals surface area contributed by atoms with Crippen LogP contribution < -0.4 is 9.64 Å². The summed E-state index contributed by atoms with van der Waals surface area (Å²) in [4.78, 5) is 12.3. The molecule has 2 unspecified atom stereocenters. The van der Waals surface area contributed by atoms with Gasteiger partial charge in [-0.3, -0.25) is 9.11 Å². The molecular weight excluding hydrogens is 439 g/mol. The zero-order valence-electron chi connectivity index (χ0n) is 19.4. The minimum Gasteiger partial charge on any atom is -0.494 e. The van der Waals surface area contributed by atoms with E-state index >= 15 is 0 Å². The number of hydrogen-bond donors (Lipinski definition) is 1. The molecule has 0 radical (unpaired) electrons. The summed E-state index contributed by atoms with van der Waals surface area (Å²) >= 11 is 0. The number of benzene rings is 2. The lowest BCUT2D eigenvalue weighted by atomic mass is 9.92. The number of nitrogens with one attached hydrogen (secondary N) is 1. The first-order chi connectivity index (χ1) is 16.0. The van der Waals surface area contributed by atoms with Crippen molar-refractivity contribution in [2.45, 2.75) is 37.2 Å². The Labute approximate surface area is 196 Å². The summed E-state index contributed by atoms with van der Waals surface area (Å²) in [6.45, 7) is 11.9. The zero-order chi connectivity index (χ0) is 23.5. The molecule has 8 heteroatoms. The highest BCUT2D eigenvalue weighted by molar-refractivity contribution is 7.84. The Hall–Kier alpha value is -2.71. The Kier molecular flexibility index (Phi) is 7.14. The van der Waals surface area contributed by atoms with Gasteiger partial charge in [0.15, 0.2) is 16.7 Å². The Morgan fingerprint density at radius 3 is 2.91 bits per heavy atom. The number of nitrogens with zero attached hydrogens (tertiary/aromatic N) is 3. The molecule has 0 aliphatic carbocycles. The minimum absolute atomic E-state index is 0.119. The van der Waals surface area contributed by atoms with Crippen LogP contribution in [-0.2, 0) is 16.6 Å². The molecule has 1 aromatic heterocycles. The first-order valence-electron chi connectivity index (χ1n) is 11.3. The van der Waals surface area contributed by atoms with E-state index in [9.17, 15) is 8.60 Å². The average Bonchev–Trinajstić information content (AvgIpc) is 3.24. The number of methoxy groups -OCH3 is 1. The molecule has 33 heavy (non-hydrogen) atoms. The largest absolute Gasteiger partial charge is 0.494 e. The number of aromatic nitrogens is 2. The molecule has 6 nitrogen and oxygen atoms in total. The first-order valence-corrected chi connectivity index (χ1v) is 12.7. The van der Waals surface area contributed by atoms with E-state index in [2.05, 4.69) is 58.4 Å². The molecule has 2 atom stereocenters. The fourth-order valence-electron chi connectivity index (χ4n) is 4.73. The highest BCUT2D eigenvalue weighted by Gasteiger charge is 2.30. The normalized spacial score (nSPS) is 16.8. The van der Waals surface area contributed by atoms with Crippen molar-refractivity contribution < 1.29 is 13.3 Å². The number of aromatic amines is 1. The maximum Gasteiger partial charge on any atom is 0.197 e. The molecule has 4 rings (SSSR count). The fraction of sp³-hybridized carbons (Fsp3) is 0.400.